The first-order valence-electron chi connectivity index (χ1n) is 8.27. The van der Waals surface area contributed by atoms with Gasteiger partial charge in [0.1, 0.15) is 6.04 Å². The SMILES string of the molecule is CCC(C(=O)Nc1ccccc1)n1c(=O)c(C(F)(F)F)nc2ccccc21. The Labute approximate surface area is 152 Å². The van der Waals surface area contributed by atoms with Crippen molar-refractivity contribution in [3.63, 3.8) is 0 Å². The van der Waals surface area contributed by atoms with Gasteiger partial charge in [0, 0.05) is 5.69 Å². The second-order valence-electron chi connectivity index (χ2n) is 5.90. The molecule has 27 heavy (non-hydrogen) atoms. The number of nitrogens with one attached hydrogen (secondary N) is 1. The van der Waals surface area contributed by atoms with Gasteiger partial charge < -0.3 is 5.32 Å². The van der Waals surface area contributed by atoms with Gasteiger partial charge in [-0.1, -0.05) is 37.3 Å². The average molecular weight is 375 g/mol. The quantitative estimate of drug-likeness (QED) is 0.750. The van der Waals surface area contributed by atoms with Crippen LogP contribution in [0.2, 0.25) is 0 Å². The highest BCUT2D eigenvalue weighted by Gasteiger charge is 2.38. The van der Waals surface area contributed by atoms with E-state index in [1.165, 1.54) is 18.2 Å². The van der Waals surface area contributed by atoms with Crippen molar-refractivity contribution >= 4 is 22.6 Å². The molecular formula is C19H16F3N3O2. The van der Waals surface area contributed by atoms with Crippen molar-refractivity contribution in [2.45, 2.75) is 25.6 Å². The van der Waals surface area contributed by atoms with Crippen LogP contribution in [0.3, 0.4) is 0 Å². The monoisotopic (exact) mass is 375 g/mol. The molecule has 0 aliphatic carbocycles. The summed E-state index contributed by atoms with van der Waals surface area (Å²) in [4.78, 5) is 28.8. The summed E-state index contributed by atoms with van der Waals surface area (Å²) in [5.41, 5.74) is -2.22. The third-order valence-corrected chi connectivity index (χ3v) is 4.11. The molecule has 140 valence electrons. The third-order valence-electron chi connectivity index (χ3n) is 4.11. The van der Waals surface area contributed by atoms with Crippen LogP contribution in [-0.4, -0.2) is 15.5 Å². The molecule has 3 aromatic rings. The zero-order valence-corrected chi connectivity index (χ0v) is 14.3. The Balaban J connectivity index is 2.16. The van der Waals surface area contributed by atoms with E-state index in [1.807, 2.05) is 0 Å². The van der Waals surface area contributed by atoms with Gasteiger partial charge in [0.2, 0.25) is 11.6 Å². The largest absolute Gasteiger partial charge is 0.438 e. The Morgan fingerprint density at radius 2 is 1.74 bits per heavy atom. The molecule has 0 aliphatic rings. The maximum Gasteiger partial charge on any atom is 0.438 e. The molecule has 1 heterocycles. The highest BCUT2D eigenvalue weighted by molar-refractivity contribution is 5.94. The standard InChI is InChI=1S/C19H16F3N3O2/c1-2-14(17(26)23-12-8-4-3-5-9-12)25-15-11-7-6-10-13(15)24-16(18(25)27)19(20,21)22/h3-11,14H,2H2,1H3,(H,23,26). The summed E-state index contributed by atoms with van der Waals surface area (Å²) in [5, 5.41) is 2.64. The molecule has 0 aliphatic heterocycles. The van der Waals surface area contributed by atoms with Gasteiger partial charge >= 0.3 is 6.18 Å². The van der Waals surface area contributed by atoms with Crippen molar-refractivity contribution in [3.05, 3.63) is 70.6 Å². The summed E-state index contributed by atoms with van der Waals surface area (Å²) in [6.45, 7) is 1.63. The maximum atomic E-state index is 13.3. The highest BCUT2D eigenvalue weighted by Crippen LogP contribution is 2.28. The van der Waals surface area contributed by atoms with Crippen LogP contribution in [0.15, 0.2) is 59.4 Å². The van der Waals surface area contributed by atoms with Crippen LogP contribution in [0.5, 0.6) is 0 Å². The van der Waals surface area contributed by atoms with Crippen molar-refractivity contribution in [2.75, 3.05) is 5.32 Å². The number of halogens is 3. The fraction of sp³-hybridized carbons (Fsp3) is 0.211. The minimum Gasteiger partial charge on any atom is -0.324 e. The Kier molecular flexibility index (Phi) is 4.98. The maximum absolute atomic E-state index is 13.3. The zero-order chi connectivity index (χ0) is 19.6. The summed E-state index contributed by atoms with van der Waals surface area (Å²) < 4.78 is 40.8. The van der Waals surface area contributed by atoms with E-state index in [9.17, 15) is 22.8 Å². The normalized spacial score (nSPS) is 12.7. The number of amides is 1. The van der Waals surface area contributed by atoms with Crippen LogP contribution in [0.25, 0.3) is 11.0 Å². The van der Waals surface area contributed by atoms with Crippen LogP contribution in [-0.2, 0) is 11.0 Å². The summed E-state index contributed by atoms with van der Waals surface area (Å²) in [6, 6.07) is 13.3. The minimum absolute atomic E-state index is 0.00427. The van der Waals surface area contributed by atoms with Gasteiger partial charge in [0.05, 0.1) is 11.0 Å². The molecular weight excluding hydrogens is 359 g/mol. The first-order chi connectivity index (χ1) is 12.8. The van der Waals surface area contributed by atoms with Gasteiger partial charge in [-0.3, -0.25) is 14.2 Å². The van der Waals surface area contributed by atoms with Crippen molar-refractivity contribution in [2.24, 2.45) is 0 Å². The van der Waals surface area contributed by atoms with Gasteiger partial charge in [-0.25, -0.2) is 4.98 Å². The Morgan fingerprint density at radius 1 is 1.11 bits per heavy atom. The summed E-state index contributed by atoms with van der Waals surface area (Å²) >= 11 is 0. The predicted molar refractivity (Wildman–Crippen MR) is 95.4 cm³/mol. The van der Waals surface area contributed by atoms with Crippen molar-refractivity contribution in [1.82, 2.24) is 9.55 Å². The second-order valence-corrected chi connectivity index (χ2v) is 5.90. The molecule has 5 nitrogen and oxygen atoms in total. The Hall–Kier alpha value is -3.16. The molecule has 1 atom stereocenters. The van der Waals surface area contributed by atoms with Crippen LogP contribution >= 0.6 is 0 Å². The predicted octanol–water partition coefficient (Wildman–Crippen LogP) is 4.01. The first kappa shape index (κ1) is 18.6. The number of carbonyl (C=O) groups is 1. The number of carbonyl (C=O) groups excluding carboxylic acids is 1. The second kappa shape index (κ2) is 7.22. The van der Waals surface area contributed by atoms with Gasteiger partial charge in [0.25, 0.3) is 5.56 Å². The van der Waals surface area contributed by atoms with E-state index in [-0.39, 0.29) is 17.5 Å². The summed E-state index contributed by atoms with van der Waals surface area (Å²) in [6.07, 6.45) is -4.79. The third kappa shape index (κ3) is 3.69. The number of fused-ring (bicyclic) bond motifs is 1. The Bertz CT molecular complexity index is 1030. The molecule has 0 saturated heterocycles. The lowest BCUT2D eigenvalue weighted by atomic mass is 10.1. The summed E-state index contributed by atoms with van der Waals surface area (Å²) in [7, 11) is 0. The van der Waals surface area contributed by atoms with E-state index in [0.717, 1.165) is 4.57 Å². The van der Waals surface area contributed by atoms with E-state index in [0.29, 0.717) is 5.69 Å². The number of hydrogen-bond donors (Lipinski definition) is 1. The number of benzene rings is 2. The van der Waals surface area contributed by atoms with E-state index >= 15 is 0 Å². The number of nitrogens with zero attached hydrogens (tertiary/aromatic N) is 2. The molecule has 2 aromatic carbocycles. The number of alkyl halides is 3. The van der Waals surface area contributed by atoms with Gasteiger partial charge in [-0.05, 0) is 30.7 Å². The van der Waals surface area contributed by atoms with Gasteiger partial charge in [-0.15, -0.1) is 0 Å². The zero-order valence-electron chi connectivity index (χ0n) is 14.3. The molecule has 0 radical (unpaired) electrons. The van der Waals surface area contributed by atoms with Crippen LogP contribution in [0, 0.1) is 0 Å². The van der Waals surface area contributed by atoms with Gasteiger partial charge in [-0.2, -0.15) is 13.2 Å². The van der Waals surface area contributed by atoms with Crippen molar-refractivity contribution in [3.8, 4) is 0 Å². The average Bonchev–Trinajstić information content (AvgIpc) is 2.63. The number of para-hydroxylation sites is 3. The van der Waals surface area contributed by atoms with E-state index in [1.54, 1.807) is 43.3 Å². The molecule has 0 spiro atoms. The molecule has 0 bridgehead atoms. The van der Waals surface area contributed by atoms with Gasteiger partial charge in [0.15, 0.2) is 0 Å². The number of aromatic nitrogens is 2. The lowest BCUT2D eigenvalue weighted by Crippen LogP contribution is -2.37. The molecule has 1 N–H and O–H groups in total. The summed E-state index contributed by atoms with van der Waals surface area (Å²) in [5.74, 6) is -0.574. The lowest BCUT2D eigenvalue weighted by molar-refractivity contribution is -0.142. The Morgan fingerprint density at radius 3 is 2.37 bits per heavy atom. The molecule has 1 aromatic heterocycles. The molecule has 1 amide bonds. The molecule has 3 rings (SSSR count). The van der Waals surface area contributed by atoms with E-state index in [2.05, 4.69) is 10.3 Å². The lowest BCUT2D eigenvalue weighted by Gasteiger charge is -2.21. The smallest absolute Gasteiger partial charge is 0.324 e. The molecule has 1 unspecified atom stereocenters. The van der Waals surface area contributed by atoms with Crippen molar-refractivity contribution in [1.29, 1.82) is 0 Å². The number of rotatable bonds is 4. The fourth-order valence-corrected chi connectivity index (χ4v) is 2.88. The molecule has 0 saturated carbocycles. The highest BCUT2D eigenvalue weighted by atomic mass is 19.4. The minimum atomic E-state index is -4.92. The van der Waals surface area contributed by atoms with Crippen LogP contribution in [0.4, 0.5) is 18.9 Å². The fourth-order valence-electron chi connectivity index (χ4n) is 2.88. The van der Waals surface area contributed by atoms with E-state index in [4.69, 9.17) is 0 Å². The first-order valence-corrected chi connectivity index (χ1v) is 8.27. The number of hydrogen-bond acceptors (Lipinski definition) is 3. The number of anilines is 1. The molecule has 0 fully saturated rings. The van der Waals surface area contributed by atoms with Crippen molar-refractivity contribution < 1.29 is 18.0 Å². The molecule has 8 heteroatoms. The van der Waals surface area contributed by atoms with E-state index < -0.39 is 29.4 Å². The van der Waals surface area contributed by atoms with Crippen LogP contribution in [0.1, 0.15) is 25.1 Å². The van der Waals surface area contributed by atoms with Crippen LogP contribution < -0.4 is 10.9 Å². The topological polar surface area (TPSA) is 64.0 Å².